The van der Waals surface area contributed by atoms with Crippen molar-refractivity contribution in [1.29, 1.82) is 5.26 Å². The predicted octanol–water partition coefficient (Wildman–Crippen LogP) is 2.61. The predicted molar refractivity (Wildman–Crippen MR) is 76.3 cm³/mol. The van der Waals surface area contributed by atoms with Gasteiger partial charge in [-0.25, -0.2) is 13.6 Å². The molecule has 0 radical (unpaired) electrons. The van der Waals surface area contributed by atoms with E-state index in [0.29, 0.717) is 0 Å². The van der Waals surface area contributed by atoms with Crippen molar-refractivity contribution in [2.75, 3.05) is 6.61 Å². The number of hydrogen-bond acceptors (Lipinski definition) is 5. The van der Waals surface area contributed by atoms with Gasteiger partial charge in [-0.3, -0.25) is 0 Å². The number of hydrogen-bond donors (Lipinski definition) is 1. The lowest BCUT2D eigenvalue weighted by Gasteiger charge is -2.26. The van der Waals surface area contributed by atoms with Crippen molar-refractivity contribution in [1.82, 2.24) is 0 Å². The fourth-order valence-corrected chi connectivity index (χ4v) is 2.38. The summed E-state index contributed by atoms with van der Waals surface area (Å²) in [6.45, 7) is 3.22. The molecule has 120 valence electrons. The molecule has 1 heterocycles. The van der Waals surface area contributed by atoms with Crippen LogP contribution in [0, 0.1) is 23.0 Å². The van der Waals surface area contributed by atoms with E-state index < -0.39 is 23.5 Å². The Balaban J connectivity index is 2.64. The molecule has 0 saturated heterocycles. The van der Waals surface area contributed by atoms with E-state index in [4.69, 9.17) is 15.2 Å². The van der Waals surface area contributed by atoms with Crippen LogP contribution in [0.3, 0.4) is 0 Å². The standard InChI is InChI=1S/C16H14F2N2O3/c1-3-22-16(21)13-8(2)23-15(20)10(7-19)14(13)9-4-5-11(17)12(18)6-9/h4-6,14H,3,20H2,1-2H3/t14-/m0/s1. The molecule has 7 heteroatoms. The number of nitrogens with zero attached hydrogens (tertiary/aromatic N) is 1. The number of esters is 1. The van der Waals surface area contributed by atoms with Crippen molar-refractivity contribution in [2.45, 2.75) is 19.8 Å². The van der Waals surface area contributed by atoms with Crippen LogP contribution in [0.1, 0.15) is 25.3 Å². The topological polar surface area (TPSA) is 85.3 Å². The van der Waals surface area contributed by atoms with Gasteiger partial charge >= 0.3 is 5.97 Å². The lowest BCUT2D eigenvalue weighted by molar-refractivity contribution is -0.139. The molecule has 0 bridgehead atoms. The Morgan fingerprint density at radius 2 is 2.13 bits per heavy atom. The molecule has 1 atom stereocenters. The molecule has 1 aromatic rings. The van der Waals surface area contributed by atoms with E-state index in [0.717, 1.165) is 12.1 Å². The first-order valence-electron chi connectivity index (χ1n) is 6.81. The third-order valence-corrected chi connectivity index (χ3v) is 3.38. The minimum Gasteiger partial charge on any atom is -0.463 e. The number of benzene rings is 1. The molecule has 1 aliphatic rings. The first kappa shape index (κ1) is 16.5. The van der Waals surface area contributed by atoms with E-state index in [1.54, 1.807) is 6.92 Å². The van der Waals surface area contributed by atoms with Gasteiger partial charge in [-0.15, -0.1) is 0 Å². The minimum absolute atomic E-state index is 0.0311. The molecule has 5 nitrogen and oxygen atoms in total. The maximum atomic E-state index is 13.6. The van der Waals surface area contributed by atoms with Crippen LogP contribution in [0.4, 0.5) is 8.78 Å². The Kier molecular flexibility index (Phi) is 4.65. The van der Waals surface area contributed by atoms with Gasteiger partial charge in [0.15, 0.2) is 11.6 Å². The van der Waals surface area contributed by atoms with Crippen LogP contribution >= 0.6 is 0 Å². The zero-order valence-corrected chi connectivity index (χ0v) is 12.5. The van der Waals surface area contributed by atoms with Gasteiger partial charge in [-0.05, 0) is 31.5 Å². The van der Waals surface area contributed by atoms with E-state index in [-0.39, 0.29) is 35.0 Å². The summed E-state index contributed by atoms with van der Waals surface area (Å²) < 4.78 is 36.9. The smallest absolute Gasteiger partial charge is 0.338 e. The van der Waals surface area contributed by atoms with Gasteiger partial charge < -0.3 is 15.2 Å². The number of nitrogens with two attached hydrogens (primary N) is 1. The molecular formula is C16H14F2N2O3. The molecule has 1 aromatic carbocycles. The van der Waals surface area contributed by atoms with Crippen LogP contribution in [-0.4, -0.2) is 12.6 Å². The Morgan fingerprint density at radius 3 is 2.70 bits per heavy atom. The molecular weight excluding hydrogens is 306 g/mol. The third-order valence-electron chi connectivity index (χ3n) is 3.38. The molecule has 0 spiro atoms. The normalized spacial score (nSPS) is 17.6. The second-order valence-corrected chi connectivity index (χ2v) is 4.79. The number of carbonyl (C=O) groups excluding carboxylic acids is 1. The number of carbonyl (C=O) groups is 1. The number of allylic oxidation sites excluding steroid dienone is 2. The molecule has 1 aliphatic heterocycles. The highest BCUT2D eigenvalue weighted by molar-refractivity contribution is 5.92. The van der Waals surface area contributed by atoms with Gasteiger partial charge in [-0.1, -0.05) is 6.07 Å². The summed E-state index contributed by atoms with van der Waals surface area (Å²) >= 11 is 0. The highest BCUT2D eigenvalue weighted by Crippen LogP contribution is 2.39. The molecule has 0 unspecified atom stereocenters. The summed E-state index contributed by atoms with van der Waals surface area (Å²) in [5.41, 5.74) is 5.86. The van der Waals surface area contributed by atoms with Gasteiger partial charge in [0.25, 0.3) is 0 Å². The van der Waals surface area contributed by atoms with Gasteiger partial charge in [-0.2, -0.15) is 5.26 Å². The minimum atomic E-state index is -1.09. The summed E-state index contributed by atoms with van der Waals surface area (Å²) in [6.07, 6.45) is 0. The molecule has 0 amide bonds. The molecule has 0 fully saturated rings. The molecule has 23 heavy (non-hydrogen) atoms. The second-order valence-electron chi connectivity index (χ2n) is 4.79. The van der Waals surface area contributed by atoms with Crippen LogP contribution in [0.25, 0.3) is 0 Å². The van der Waals surface area contributed by atoms with Gasteiger partial charge in [0, 0.05) is 0 Å². The van der Waals surface area contributed by atoms with Crippen molar-refractivity contribution in [2.24, 2.45) is 5.73 Å². The Morgan fingerprint density at radius 1 is 1.43 bits per heavy atom. The number of nitriles is 1. The van der Waals surface area contributed by atoms with Gasteiger partial charge in [0.05, 0.1) is 18.1 Å². The van der Waals surface area contributed by atoms with E-state index in [2.05, 4.69) is 0 Å². The van der Waals surface area contributed by atoms with Gasteiger partial charge in [0.2, 0.25) is 5.88 Å². The summed E-state index contributed by atoms with van der Waals surface area (Å²) in [7, 11) is 0. The molecule has 0 aliphatic carbocycles. The van der Waals surface area contributed by atoms with Gasteiger partial charge in [0.1, 0.15) is 17.4 Å². The third kappa shape index (κ3) is 3.01. The van der Waals surface area contributed by atoms with Crippen molar-refractivity contribution in [3.63, 3.8) is 0 Å². The average molecular weight is 320 g/mol. The lowest BCUT2D eigenvalue weighted by atomic mass is 9.83. The highest BCUT2D eigenvalue weighted by atomic mass is 19.2. The van der Waals surface area contributed by atoms with E-state index in [1.807, 2.05) is 6.07 Å². The quantitative estimate of drug-likeness (QED) is 0.865. The average Bonchev–Trinajstić information content (AvgIpc) is 2.49. The summed E-state index contributed by atoms with van der Waals surface area (Å²) in [6, 6.07) is 4.98. The van der Waals surface area contributed by atoms with Crippen LogP contribution in [0.15, 0.2) is 41.0 Å². The van der Waals surface area contributed by atoms with E-state index in [9.17, 15) is 18.8 Å². The lowest BCUT2D eigenvalue weighted by Crippen LogP contribution is -2.25. The van der Waals surface area contributed by atoms with E-state index in [1.165, 1.54) is 13.0 Å². The zero-order valence-electron chi connectivity index (χ0n) is 12.5. The molecule has 0 aromatic heterocycles. The fourth-order valence-electron chi connectivity index (χ4n) is 2.38. The molecule has 0 saturated carbocycles. The van der Waals surface area contributed by atoms with Crippen molar-refractivity contribution >= 4 is 5.97 Å². The number of halogens is 2. The van der Waals surface area contributed by atoms with Crippen molar-refractivity contribution in [3.05, 3.63) is 58.2 Å². The van der Waals surface area contributed by atoms with Crippen LogP contribution in [-0.2, 0) is 14.3 Å². The number of ether oxygens (including phenoxy) is 2. The van der Waals surface area contributed by atoms with E-state index >= 15 is 0 Å². The number of rotatable bonds is 3. The SMILES string of the molecule is CCOC(=O)C1=C(C)OC(N)=C(C#N)[C@@H]1c1ccc(F)c(F)c1. The van der Waals surface area contributed by atoms with Crippen LogP contribution in [0.5, 0.6) is 0 Å². The maximum absolute atomic E-state index is 13.6. The van der Waals surface area contributed by atoms with Crippen LogP contribution < -0.4 is 5.73 Å². The van der Waals surface area contributed by atoms with Crippen molar-refractivity contribution < 1.29 is 23.0 Å². The monoisotopic (exact) mass is 320 g/mol. The Labute approximate surface area is 131 Å². The molecule has 2 rings (SSSR count). The fraction of sp³-hybridized carbons (Fsp3) is 0.250. The Bertz CT molecular complexity index is 763. The first-order valence-corrected chi connectivity index (χ1v) is 6.81. The maximum Gasteiger partial charge on any atom is 0.338 e. The summed E-state index contributed by atoms with van der Waals surface area (Å²) in [5.74, 6) is -3.86. The molecule has 2 N–H and O–H groups in total. The highest BCUT2D eigenvalue weighted by Gasteiger charge is 2.36. The Hall–Kier alpha value is -2.88. The summed E-state index contributed by atoms with van der Waals surface area (Å²) in [4.78, 5) is 12.2. The second kappa shape index (κ2) is 6.48. The zero-order chi connectivity index (χ0) is 17.1. The van der Waals surface area contributed by atoms with Crippen LogP contribution in [0.2, 0.25) is 0 Å². The summed E-state index contributed by atoms with van der Waals surface area (Å²) in [5, 5.41) is 9.32. The largest absolute Gasteiger partial charge is 0.463 e. The first-order chi connectivity index (χ1) is 10.9. The van der Waals surface area contributed by atoms with Crippen molar-refractivity contribution in [3.8, 4) is 6.07 Å².